The summed E-state index contributed by atoms with van der Waals surface area (Å²) in [6.45, 7) is 1.94. The van der Waals surface area contributed by atoms with E-state index in [0.717, 1.165) is 11.1 Å². The molecule has 6 heteroatoms. The molecule has 0 aliphatic heterocycles. The minimum atomic E-state index is -3.54. The fraction of sp³-hybridized carbons (Fsp3) is 0.231. The smallest absolute Gasteiger partial charge is 0.240 e. The van der Waals surface area contributed by atoms with Crippen LogP contribution in [0.15, 0.2) is 39.9 Å². The van der Waals surface area contributed by atoms with E-state index in [1.165, 1.54) is 17.4 Å². The number of hydrogen-bond donors (Lipinski definition) is 2. The Hall–Kier alpha value is -1.21. The van der Waals surface area contributed by atoms with Gasteiger partial charge >= 0.3 is 0 Å². The first-order valence-electron chi connectivity index (χ1n) is 5.74. The van der Waals surface area contributed by atoms with Crippen molar-refractivity contribution in [2.24, 2.45) is 0 Å². The average Bonchev–Trinajstić information content (AvgIpc) is 2.90. The molecule has 4 nitrogen and oxygen atoms in total. The lowest BCUT2D eigenvalue weighted by Gasteiger charge is -2.09. The van der Waals surface area contributed by atoms with E-state index in [4.69, 9.17) is 0 Å². The molecule has 0 saturated heterocycles. The Labute approximate surface area is 116 Å². The third-order valence-corrected chi connectivity index (χ3v) is 4.98. The second kappa shape index (κ2) is 5.83. The van der Waals surface area contributed by atoms with Gasteiger partial charge in [-0.05, 0) is 52.6 Å². The Bertz CT molecular complexity index is 649. The van der Waals surface area contributed by atoms with Crippen LogP contribution in [0.4, 0.5) is 0 Å². The number of hydrogen-bond acceptors (Lipinski definition) is 4. The topological polar surface area (TPSA) is 66.4 Å². The average molecular weight is 297 g/mol. The number of thiophene rings is 1. The normalized spacial score (nSPS) is 11.7. The molecule has 1 heterocycles. The lowest BCUT2D eigenvalue weighted by atomic mass is 10.1. The van der Waals surface area contributed by atoms with Crippen molar-refractivity contribution < 1.29 is 13.5 Å². The minimum absolute atomic E-state index is 0.167. The van der Waals surface area contributed by atoms with Gasteiger partial charge in [-0.25, -0.2) is 13.1 Å². The number of nitrogens with one attached hydrogen (secondary N) is 1. The summed E-state index contributed by atoms with van der Waals surface area (Å²) >= 11 is 1.53. The molecule has 19 heavy (non-hydrogen) atoms. The van der Waals surface area contributed by atoms with Gasteiger partial charge in [-0.2, -0.15) is 11.3 Å². The van der Waals surface area contributed by atoms with Crippen LogP contribution in [-0.4, -0.2) is 13.5 Å². The molecule has 2 aromatic rings. The Morgan fingerprint density at radius 1 is 1.32 bits per heavy atom. The number of aliphatic hydroxyl groups is 1. The van der Waals surface area contributed by atoms with Crippen LogP contribution < -0.4 is 4.72 Å². The van der Waals surface area contributed by atoms with E-state index in [9.17, 15) is 13.5 Å². The highest BCUT2D eigenvalue weighted by Crippen LogP contribution is 2.16. The summed E-state index contributed by atoms with van der Waals surface area (Å²) in [5, 5.41) is 13.0. The molecule has 2 rings (SSSR count). The van der Waals surface area contributed by atoms with E-state index in [2.05, 4.69) is 4.72 Å². The molecule has 0 saturated carbocycles. The SMILES string of the molecule is Cc1ccc(S(=O)(=O)NCc2ccsc2)cc1CO. The third kappa shape index (κ3) is 3.42. The maximum atomic E-state index is 12.1. The molecule has 1 aromatic carbocycles. The first-order valence-corrected chi connectivity index (χ1v) is 8.16. The zero-order valence-corrected chi connectivity index (χ0v) is 12.1. The van der Waals surface area contributed by atoms with Gasteiger partial charge in [0.1, 0.15) is 0 Å². The molecule has 0 spiro atoms. The second-order valence-electron chi connectivity index (χ2n) is 4.20. The van der Waals surface area contributed by atoms with Gasteiger partial charge < -0.3 is 5.11 Å². The van der Waals surface area contributed by atoms with Crippen molar-refractivity contribution in [3.63, 3.8) is 0 Å². The van der Waals surface area contributed by atoms with Crippen LogP contribution in [0.25, 0.3) is 0 Å². The fourth-order valence-electron chi connectivity index (χ4n) is 1.64. The van der Waals surface area contributed by atoms with Crippen LogP contribution in [0.5, 0.6) is 0 Å². The van der Waals surface area contributed by atoms with Crippen LogP contribution in [0.3, 0.4) is 0 Å². The summed E-state index contributed by atoms with van der Waals surface area (Å²) in [6.07, 6.45) is 0. The van der Waals surface area contributed by atoms with E-state index >= 15 is 0 Å². The van der Waals surface area contributed by atoms with Crippen molar-refractivity contribution in [1.29, 1.82) is 0 Å². The molecule has 0 aliphatic carbocycles. The third-order valence-electron chi connectivity index (χ3n) is 2.85. The van der Waals surface area contributed by atoms with Crippen LogP contribution in [0.2, 0.25) is 0 Å². The van der Waals surface area contributed by atoms with E-state index in [0.29, 0.717) is 5.56 Å². The lowest BCUT2D eigenvalue weighted by Crippen LogP contribution is -2.23. The molecule has 0 atom stereocenters. The van der Waals surface area contributed by atoms with E-state index in [1.807, 2.05) is 23.8 Å². The highest BCUT2D eigenvalue weighted by atomic mass is 32.2. The maximum absolute atomic E-state index is 12.1. The first-order chi connectivity index (χ1) is 9.03. The number of aliphatic hydroxyl groups excluding tert-OH is 1. The van der Waals surface area contributed by atoms with Crippen molar-refractivity contribution >= 4 is 21.4 Å². The van der Waals surface area contributed by atoms with Crippen LogP contribution in [0.1, 0.15) is 16.7 Å². The predicted octanol–water partition coefficient (Wildman–Crippen LogP) is 2.03. The Kier molecular flexibility index (Phi) is 4.36. The molecular weight excluding hydrogens is 282 g/mol. The van der Waals surface area contributed by atoms with Gasteiger partial charge in [0.15, 0.2) is 0 Å². The van der Waals surface area contributed by atoms with Crippen molar-refractivity contribution in [3.8, 4) is 0 Å². The number of benzene rings is 1. The molecular formula is C13H15NO3S2. The molecule has 2 N–H and O–H groups in total. The number of aryl methyl sites for hydroxylation is 1. The maximum Gasteiger partial charge on any atom is 0.240 e. The summed E-state index contributed by atoms with van der Waals surface area (Å²) in [5.41, 5.74) is 2.43. The molecule has 0 fully saturated rings. The highest BCUT2D eigenvalue weighted by molar-refractivity contribution is 7.89. The fourth-order valence-corrected chi connectivity index (χ4v) is 3.38. The zero-order chi connectivity index (χ0) is 13.9. The van der Waals surface area contributed by atoms with Gasteiger partial charge in [0, 0.05) is 6.54 Å². The van der Waals surface area contributed by atoms with Gasteiger partial charge in [0.2, 0.25) is 10.0 Å². The van der Waals surface area contributed by atoms with E-state index in [-0.39, 0.29) is 18.0 Å². The molecule has 0 radical (unpaired) electrons. The van der Waals surface area contributed by atoms with Crippen molar-refractivity contribution in [2.45, 2.75) is 25.0 Å². The van der Waals surface area contributed by atoms with Gasteiger partial charge in [-0.15, -0.1) is 0 Å². The van der Waals surface area contributed by atoms with Crippen LogP contribution in [0, 0.1) is 6.92 Å². The molecule has 0 unspecified atom stereocenters. The number of sulfonamides is 1. The van der Waals surface area contributed by atoms with Crippen LogP contribution in [-0.2, 0) is 23.2 Å². The van der Waals surface area contributed by atoms with Gasteiger partial charge in [0.25, 0.3) is 0 Å². The summed E-state index contributed by atoms with van der Waals surface area (Å²) < 4.78 is 26.8. The predicted molar refractivity (Wildman–Crippen MR) is 75.4 cm³/mol. The van der Waals surface area contributed by atoms with Crippen molar-refractivity contribution in [1.82, 2.24) is 4.72 Å². The van der Waals surface area contributed by atoms with E-state index < -0.39 is 10.0 Å². The summed E-state index contributed by atoms with van der Waals surface area (Å²) in [7, 11) is -3.54. The van der Waals surface area contributed by atoms with Crippen molar-refractivity contribution in [3.05, 3.63) is 51.7 Å². The Morgan fingerprint density at radius 3 is 2.74 bits per heavy atom. The molecule has 0 amide bonds. The first kappa shape index (κ1) is 14.2. The Morgan fingerprint density at radius 2 is 2.11 bits per heavy atom. The van der Waals surface area contributed by atoms with E-state index in [1.54, 1.807) is 12.1 Å². The number of rotatable bonds is 5. The molecule has 102 valence electrons. The summed E-state index contributed by atoms with van der Waals surface area (Å²) in [6, 6.07) is 6.63. The molecule has 0 bridgehead atoms. The zero-order valence-electron chi connectivity index (χ0n) is 10.5. The highest BCUT2D eigenvalue weighted by Gasteiger charge is 2.15. The molecule has 1 aromatic heterocycles. The van der Waals surface area contributed by atoms with Crippen LogP contribution >= 0.6 is 11.3 Å². The largest absolute Gasteiger partial charge is 0.392 e. The minimum Gasteiger partial charge on any atom is -0.392 e. The van der Waals surface area contributed by atoms with Crippen molar-refractivity contribution in [2.75, 3.05) is 0 Å². The second-order valence-corrected chi connectivity index (χ2v) is 6.75. The quantitative estimate of drug-likeness (QED) is 0.887. The monoisotopic (exact) mass is 297 g/mol. The summed E-state index contributed by atoms with van der Waals surface area (Å²) in [4.78, 5) is 0.178. The summed E-state index contributed by atoms with van der Waals surface area (Å²) in [5.74, 6) is 0. The van der Waals surface area contributed by atoms with Gasteiger partial charge in [-0.3, -0.25) is 0 Å². The Balaban J connectivity index is 2.19. The lowest BCUT2D eigenvalue weighted by molar-refractivity contribution is 0.280. The molecule has 0 aliphatic rings. The van der Waals surface area contributed by atoms with Gasteiger partial charge in [-0.1, -0.05) is 6.07 Å². The van der Waals surface area contributed by atoms with Gasteiger partial charge in [0.05, 0.1) is 11.5 Å². The standard InChI is InChI=1S/C13H15NO3S2/c1-10-2-3-13(6-12(10)8-15)19(16,17)14-7-11-4-5-18-9-11/h2-6,9,14-15H,7-8H2,1H3.